The molecule has 0 amide bonds. The van der Waals surface area contributed by atoms with Crippen LogP contribution in [0.15, 0.2) is 29.4 Å². The summed E-state index contributed by atoms with van der Waals surface area (Å²) in [5.41, 5.74) is 3.67. The van der Waals surface area contributed by atoms with Crippen molar-refractivity contribution >= 4 is 22.5 Å². The molecule has 3 nitrogen and oxygen atoms in total. The number of hydrazone groups is 1. The van der Waals surface area contributed by atoms with Gasteiger partial charge in [-0.2, -0.15) is 5.10 Å². The summed E-state index contributed by atoms with van der Waals surface area (Å²) in [6, 6.07) is 7.42. The molecule has 13 heavy (non-hydrogen) atoms. The van der Waals surface area contributed by atoms with Crippen molar-refractivity contribution < 1.29 is 4.74 Å². The first kappa shape index (κ1) is 9.86. The van der Waals surface area contributed by atoms with Crippen LogP contribution in [0.4, 0.5) is 5.69 Å². The van der Waals surface area contributed by atoms with E-state index in [0.717, 1.165) is 11.4 Å². The number of methoxy groups -OCH3 is 1. The van der Waals surface area contributed by atoms with Crippen LogP contribution in [0.2, 0.25) is 0 Å². The van der Waals surface area contributed by atoms with E-state index < -0.39 is 0 Å². The second kappa shape index (κ2) is 4.72. The molecular formula is C9H11ClN2O. The van der Waals surface area contributed by atoms with Crippen LogP contribution in [0.5, 0.6) is 5.75 Å². The van der Waals surface area contributed by atoms with Crippen molar-refractivity contribution in [3.05, 3.63) is 24.3 Å². The molecule has 1 aromatic rings. The van der Waals surface area contributed by atoms with E-state index >= 15 is 0 Å². The van der Waals surface area contributed by atoms with Gasteiger partial charge in [0.05, 0.1) is 12.8 Å². The molecule has 1 N–H and O–H groups in total. The van der Waals surface area contributed by atoms with Gasteiger partial charge in [0.1, 0.15) is 10.9 Å². The summed E-state index contributed by atoms with van der Waals surface area (Å²) in [4.78, 5) is 0. The molecule has 1 aromatic carbocycles. The smallest absolute Gasteiger partial charge is 0.123 e. The van der Waals surface area contributed by atoms with Crippen molar-refractivity contribution in [1.29, 1.82) is 0 Å². The van der Waals surface area contributed by atoms with E-state index in [9.17, 15) is 0 Å². The van der Waals surface area contributed by atoms with Gasteiger partial charge in [0.25, 0.3) is 0 Å². The zero-order valence-corrected chi connectivity index (χ0v) is 8.30. The molecule has 0 saturated heterocycles. The number of benzene rings is 1. The maximum absolute atomic E-state index is 5.55. The number of nitrogens with one attached hydrogen (secondary N) is 1. The Kier molecular flexibility index (Phi) is 3.58. The van der Waals surface area contributed by atoms with E-state index in [1.165, 1.54) is 0 Å². The third kappa shape index (κ3) is 3.34. The average molecular weight is 199 g/mol. The summed E-state index contributed by atoms with van der Waals surface area (Å²) in [7, 11) is 1.63. The summed E-state index contributed by atoms with van der Waals surface area (Å²) in [6.07, 6.45) is 0. The topological polar surface area (TPSA) is 33.6 Å². The molecule has 70 valence electrons. The molecule has 0 spiro atoms. The highest BCUT2D eigenvalue weighted by Gasteiger charge is 1.91. The zero-order chi connectivity index (χ0) is 9.68. The Balaban J connectivity index is 2.64. The van der Waals surface area contributed by atoms with E-state index in [0.29, 0.717) is 5.17 Å². The van der Waals surface area contributed by atoms with E-state index in [1.807, 2.05) is 24.3 Å². The second-order valence-electron chi connectivity index (χ2n) is 2.45. The normalized spacial score (nSPS) is 11.2. The molecule has 0 saturated carbocycles. The average Bonchev–Trinajstić information content (AvgIpc) is 2.15. The van der Waals surface area contributed by atoms with Crippen LogP contribution < -0.4 is 10.2 Å². The molecule has 0 aliphatic rings. The van der Waals surface area contributed by atoms with Gasteiger partial charge in [-0.25, -0.2) is 0 Å². The lowest BCUT2D eigenvalue weighted by Gasteiger charge is -2.02. The lowest BCUT2D eigenvalue weighted by atomic mass is 10.3. The largest absolute Gasteiger partial charge is 0.497 e. The number of halogens is 1. The Morgan fingerprint density at radius 3 is 2.46 bits per heavy atom. The first-order valence-electron chi connectivity index (χ1n) is 3.82. The van der Waals surface area contributed by atoms with Gasteiger partial charge in [0, 0.05) is 0 Å². The third-order valence-corrected chi connectivity index (χ3v) is 1.51. The molecule has 0 atom stereocenters. The molecule has 0 fully saturated rings. The van der Waals surface area contributed by atoms with Crippen LogP contribution in [0.25, 0.3) is 0 Å². The molecule has 0 radical (unpaired) electrons. The predicted molar refractivity (Wildman–Crippen MR) is 55.6 cm³/mol. The van der Waals surface area contributed by atoms with Crippen LogP contribution in [0.3, 0.4) is 0 Å². The minimum atomic E-state index is 0.468. The lowest BCUT2D eigenvalue weighted by molar-refractivity contribution is 0.415. The summed E-state index contributed by atoms with van der Waals surface area (Å²) in [5, 5.41) is 4.31. The van der Waals surface area contributed by atoms with Crippen LogP contribution in [-0.4, -0.2) is 12.3 Å². The number of rotatable bonds is 3. The third-order valence-electron chi connectivity index (χ3n) is 1.43. The van der Waals surface area contributed by atoms with E-state index in [2.05, 4.69) is 10.5 Å². The van der Waals surface area contributed by atoms with Gasteiger partial charge in [-0.05, 0) is 31.2 Å². The molecular weight excluding hydrogens is 188 g/mol. The summed E-state index contributed by atoms with van der Waals surface area (Å²) in [5.74, 6) is 0.817. The van der Waals surface area contributed by atoms with Crippen LogP contribution in [-0.2, 0) is 0 Å². The molecule has 1 rings (SSSR count). The number of anilines is 1. The second-order valence-corrected chi connectivity index (χ2v) is 3.00. The Bertz CT molecular complexity index is 291. The molecule has 0 aliphatic carbocycles. The minimum Gasteiger partial charge on any atom is -0.497 e. The molecule has 0 aromatic heterocycles. The van der Waals surface area contributed by atoms with Crippen LogP contribution in [0.1, 0.15) is 6.92 Å². The van der Waals surface area contributed by atoms with Crippen molar-refractivity contribution in [3.8, 4) is 5.75 Å². The maximum atomic E-state index is 5.55. The monoisotopic (exact) mass is 198 g/mol. The standard InChI is InChI=1S/C9H11ClN2O/c1-7(10)11-12-8-3-5-9(13-2)6-4-8/h3-6,12H,1-2H3/b11-7-. The predicted octanol–water partition coefficient (Wildman–Crippen LogP) is 2.68. The highest BCUT2D eigenvalue weighted by Crippen LogP contribution is 2.14. The van der Waals surface area contributed by atoms with Crippen molar-refractivity contribution in [1.82, 2.24) is 0 Å². The molecule has 0 aliphatic heterocycles. The molecule has 0 bridgehead atoms. The minimum absolute atomic E-state index is 0.468. The summed E-state index contributed by atoms with van der Waals surface area (Å²) < 4.78 is 5.01. The number of hydrogen-bond acceptors (Lipinski definition) is 3. The van der Waals surface area contributed by atoms with Crippen LogP contribution >= 0.6 is 11.6 Å². The number of ether oxygens (including phenoxy) is 1. The number of nitrogens with zero attached hydrogens (tertiary/aromatic N) is 1. The van der Waals surface area contributed by atoms with Crippen molar-refractivity contribution in [2.45, 2.75) is 6.92 Å². The van der Waals surface area contributed by atoms with E-state index in [4.69, 9.17) is 16.3 Å². The van der Waals surface area contributed by atoms with Crippen molar-refractivity contribution in [2.75, 3.05) is 12.5 Å². The Morgan fingerprint density at radius 1 is 1.38 bits per heavy atom. The van der Waals surface area contributed by atoms with E-state index in [1.54, 1.807) is 14.0 Å². The highest BCUT2D eigenvalue weighted by molar-refractivity contribution is 6.64. The maximum Gasteiger partial charge on any atom is 0.123 e. The fourth-order valence-electron chi connectivity index (χ4n) is 0.807. The van der Waals surface area contributed by atoms with Gasteiger partial charge >= 0.3 is 0 Å². The quantitative estimate of drug-likeness (QED) is 0.599. The van der Waals surface area contributed by atoms with Gasteiger partial charge in [-0.15, -0.1) is 0 Å². The van der Waals surface area contributed by atoms with Crippen molar-refractivity contribution in [3.63, 3.8) is 0 Å². The zero-order valence-electron chi connectivity index (χ0n) is 7.54. The number of hydrogen-bond donors (Lipinski definition) is 1. The van der Waals surface area contributed by atoms with E-state index in [-0.39, 0.29) is 0 Å². The lowest BCUT2D eigenvalue weighted by Crippen LogP contribution is -1.91. The fraction of sp³-hybridized carbons (Fsp3) is 0.222. The fourth-order valence-corrected chi connectivity index (χ4v) is 0.849. The molecule has 0 heterocycles. The Morgan fingerprint density at radius 2 is 2.00 bits per heavy atom. The molecule has 4 heteroatoms. The van der Waals surface area contributed by atoms with Crippen LogP contribution in [0, 0.1) is 0 Å². The first-order valence-corrected chi connectivity index (χ1v) is 4.20. The van der Waals surface area contributed by atoms with Gasteiger partial charge in [-0.1, -0.05) is 11.6 Å². The summed E-state index contributed by atoms with van der Waals surface area (Å²) in [6.45, 7) is 1.71. The SMILES string of the molecule is COc1ccc(N/N=C(/C)Cl)cc1. The van der Waals surface area contributed by atoms with Gasteiger partial charge in [-0.3, -0.25) is 5.43 Å². The van der Waals surface area contributed by atoms with Gasteiger partial charge in [0.15, 0.2) is 0 Å². The van der Waals surface area contributed by atoms with Crippen molar-refractivity contribution in [2.24, 2.45) is 5.10 Å². The molecule has 0 unspecified atom stereocenters. The van der Waals surface area contributed by atoms with Gasteiger partial charge in [0.2, 0.25) is 0 Å². The summed E-state index contributed by atoms with van der Waals surface area (Å²) >= 11 is 5.55. The Labute approximate surface area is 82.4 Å². The Hall–Kier alpha value is -1.22. The first-order chi connectivity index (χ1) is 6.22. The van der Waals surface area contributed by atoms with Gasteiger partial charge < -0.3 is 4.74 Å². The highest BCUT2D eigenvalue weighted by atomic mass is 35.5.